The molecule has 1 fully saturated rings. The number of hydrogen-bond donors (Lipinski definition) is 2. The van der Waals surface area contributed by atoms with E-state index >= 15 is 0 Å². The summed E-state index contributed by atoms with van der Waals surface area (Å²) >= 11 is 11.2. The van der Waals surface area contributed by atoms with E-state index in [0.29, 0.717) is 22.1 Å². The van der Waals surface area contributed by atoms with Crippen LogP contribution in [0.25, 0.3) is 0 Å². The minimum absolute atomic E-state index is 0.284. The van der Waals surface area contributed by atoms with Crippen LogP contribution < -0.4 is 10.6 Å². The normalized spacial score (nSPS) is 22.6. The molecule has 1 saturated heterocycles. The first kappa shape index (κ1) is 15.5. The van der Waals surface area contributed by atoms with Gasteiger partial charge < -0.3 is 20.6 Å². The van der Waals surface area contributed by atoms with Gasteiger partial charge in [-0.05, 0) is 38.7 Å². The van der Waals surface area contributed by atoms with E-state index in [1.807, 2.05) is 32.3 Å². The van der Waals surface area contributed by atoms with Gasteiger partial charge in [0.25, 0.3) is 0 Å². The Hall–Kier alpha value is -0.880. The lowest BCUT2D eigenvalue weighted by molar-refractivity contribution is 0.191. The second kappa shape index (κ2) is 6.26. The van der Waals surface area contributed by atoms with Crippen molar-refractivity contribution in [3.05, 3.63) is 28.8 Å². The Kier molecular flexibility index (Phi) is 4.86. The van der Waals surface area contributed by atoms with Gasteiger partial charge in [0.15, 0.2) is 0 Å². The topological polar surface area (TPSA) is 52.7 Å². The van der Waals surface area contributed by atoms with Crippen molar-refractivity contribution in [1.82, 2.24) is 4.90 Å². The first-order valence-corrected chi connectivity index (χ1v) is 7.36. The molecule has 1 aliphatic heterocycles. The van der Waals surface area contributed by atoms with Crippen LogP contribution in [0.4, 0.5) is 5.69 Å². The highest BCUT2D eigenvalue weighted by Gasteiger charge is 2.31. The van der Waals surface area contributed by atoms with E-state index in [1.165, 1.54) is 0 Å². The maximum Gasteiger partial charge on any atom is 0.105 e. The van der Waals surface area contributed by atoms with Crippen molar-refractivity contribution >= 4 is 34.5 Å². The fourth-order valence-corrected chi connectivity index (χ4v) is 3.20. The first-order chi connectivity index (χ1) is 9.38. The lowest BCUT2D eigenvalue weighted by Crippen LogP contribution is -2.37. The van der Waals surface area contributed by atoms with Crippen molar-refractivity contribution < 1.29 is 5.11 Å². The summed E-state index contributed by atoms with van der Waals surface area (Å²) in [5.41, 5.74) is 7.31. The van der Waals surface area contributed by atoms with Crippen LogP contribution in [0.2, 0.25) is 5.02 Å². The summed E-state index contributed by atoms with van der Waals surface area (Å²) in [5.74, 6) is 0. The number of aliphatic hydroxyl groups excluding tert-OH is 1. The summed E-state index contributed by atoms with van der Waals surface area (Å²) in [5, 5.41) is 10.5. The minimum atomic E-state index is -0.297. The largest absolute Gasteiger partial charge is 0.391 e. The van der Waals surface area contributed by atoms with Crippen molar-refractivity contribution in [3.63, 3.8) is 0 Å². The second-order valence-corrected chi connectivity index (χ2v) is 6.33. The molecule has 1 aliphatic rings. The van der Waals surface area contributed by atoms with Gasteiger partial charge in [0.2, 0.25) is 0 Å². The maximum atomic E-state index is 9.92. The van der Waals surface area contributed by atoms with Crippen LogP contribution in [0.15, 0.2) is 18.2 Å². The van der Waals surface area contributed by atoms with Gasteiger partial charge in [-0.15, -0.1) is 0 Å². The van der Waals surface area contributed by atoms with E-state index in [4.69, 9.17) is 29.6 Å². The van der Waals surface area contributed by atoms with E-state index in [9.17, 15) is 5.11 Å². The molecule has 0 bridgehead atoms. The molecule has 2 rings (SSSR count). The molecule has 20 heavy (non-hydrogen) atoms. The highest BCUT2D eigenvalue weighted by Crippen LogP contribution is 2.30. The number of aliphatic hydroxyl groups is 1. The van der Waals surface area contributed by atoms with Crippen LogP contribution in [0, 0.1) is 0 Å². The number of thiocarbonyl (C=S) groups is 1. The molecule has 0 aromatic heterocycles. The Balaban J connectivity index is 2.25. The quantitative estimate of drug-likeness (QED) is 0.825. The molecule has 6 heteroatoms. The van der Waals surface area contributed by atoms with Crippen molar-refractivity contribution in [2.45, 2.75) is 18.6 Å². The zero-order chi connectivity index (χ0) is 14.9. The zero-order valence-electron chi connectivity index (χ0n) is 11.7. The van der Waals surface area contributed by atoms with E-state index in [2.05, 4.69) is 9.80 Å². The molecule has 2 atom stereocenters. The monoisotopic (exact) mass is 313 g/mol. The molecule has 0 saturated carbocycles. The lowest BCUT2D eigenvalue weighted by atomic mass is 10.1. The Labute approximate surface area is 130 Å². The van der Waals surface area contributed by atoms with Gasteiger partial charge in [-0.2, -0.15) is 0 Å². The summed E-state index contributed by atoms with van der Waals surface area (Å²) in [4.78, 5) is 4.62. The number of likely N-dealkylation sites (N-methyl/N-ethyl adjacent to an activating group) is 1. The Morgan fingerprint density at radius 3 is 2.80 bits per heavy atom. The third-order valence-corrected chi connectivity index (χ3v) is 4.05. The van der Waals surface area contributed by atoms with Gasteiger partial charge in [0.1, 0.15) is 4.99 Å². The van der Waals surface area contributed by atoms with Crippen LogP contribution in [0.5, 0.6) is 0 Å². The maximum absolute atomic E-state index is 9.92. The molecule has 1 aromatic rings. The van der Waals surface area contributed by atoms with Gasteiger partial charge in [-0.25, -0.2) is 0 Å². The lowest BCUT2D eigenvalue weighted by Gasteiger charge is -2.29. The van der Waals surface area contributed by atoms with Gasteiger partial charge in [0, 0.05) is 30.4 Å². The number of benzene rings is 1. The predicted octanol–water partition coefficient (Wildman–Crippen LogP) is 1.48. The summed E-state index contributed by atoms with van der Waals surface area (Å²) in [6.45, 7) is 1.52. The number of rotatable bonds is 4. The van der Waals surface area contributed by atoms with Gasteiger partial charge in [-0.1, -0.05) is 23.8 Å². The van der Waals surface area contributed by atoms with Gasteiger partial charge in [-0.3, -0.25) is 0 Å². The smallest absolute Gasteiger partial charge is 0.105 e. The number of hydrogen-bond acceptors (Lipinski definition) is 4. The molecule has 4 nitrogen and oxygen atoms in total. The van der Waals surface area contributed by atoms with E-state index in [-0.39, 0.29) is 12.1 Å². The summed E-state index contributed by atoms with van der Waals surface area (Å²) in [7, 11) is 4.07. The van der Waals surface area contributed by atoms with Crippen molar-refractivity contribution in [1.29, 1.82) is 0 Å². The van der Waals surface area contributed by atoms with Crippen LogP contribution in [-0.2, 0) is 0 Å². The van der Waals surface area contributed by atoms with Crippen LogP contribution in [-0.4, -0.2) is 54.3 Å². The van der Waals surface area contributed by atoms with Gasteiger partial charge in [0.05, 0.1) is 11.1 Å². The molecule has 0 spiro atoms. The van der Waals surface area contributed by atoms with Crippen molar-refractivity contribution in [2.24, 2.45) is 5.73 Å². The molecule has 1 heterocycles. The third kappa shape index (κ3) is 3.41. The summed E-state index contributed by atoms with van der Waals surface area (Å²) < 4.78 is 0. The molecule has 1 aromatic carbocycles. The standard InChI is InChI=1S/C14H20ClN3OS/c1-17(2)7-10-5-11(19)8-18(10)9-3-4-12(14(16)20)13(15)6-9/h3-4,6,10-11,19H,5,7-8H2,1-2H3,(H2,16,20). The van der Waals surface area contributed by atoms with Crippen molar-refractivity contribution in [2.75, 3.05) is 32.1 Å². The number of β-amino-alcohol motifs (C(OH)–C–C–N with tert-alkyl or cyclic N) is 1. The minimum Gasteiger partial charge on any atom is -0.391 e. The Morgan fingerprint density at radius 2 is 2.25 bits per heavy atom. The first-order valence-electron chi connectivity index (χ1n) is 6.57. The highest BCUT2D eigenvalue weighted by molar-refractivity contribution is 7.80. The van der Waals surface area contributed by atoms with E-state index < -0.39 is 0 Å². The number of nitrogens with two attached hydrogens (primary N) is 1. The number of anilines is 1. The molecule has 0 amide bonds. The fourth-order valence-electron chi connectivity index (χ4n) is 2.69. The molecule has 0 aliphatic carbocycles. The molecule has 2 unspecified atom stereocenters. The average molecular weight is 314 g/mol. The Bertz CT molecular complexity index is 509. The second-order valence-electron chi connectivity index (χ2n) is 5.49. The summed E-state index contributed by atoms with van der Waals surface area (Å²) in [6.07, 6.45) is 0.473. The SMILES string of the molecule is CN(C)CC1CC(O)CN1c1ccc(C(N)=S)c(Cl)c1. The number of halogens is 1. The van der Waals surface area contributed by atoms with E-state index in [1.54, 1.807) is 0 Å². The molecular weight excluding hydrogens is 294 g/mol. The Morgan fingerprint density at radius 1 is 1.55 bits per heavy atom. The third-order valence-electron chi connectivity index (χ3n) is 3.52. The average Bonchev–Trinajstić information content (AvgIpc) is 2.68. The van der Waals surface area contributed by atoms with Gasteiger partial charge >= 0.3 is 0 Å². The summed E-state index contributed by atoms with van der Waals surface area (Å²) in [6, 6.07) is 5.96. The molecule has 110 valence electrons. The van der Waals surface area contributed by atoms with Crippen LogP contribution >= 0.6 is 23.8 Å². The zero-order valence-corrected chi connectivity index (χ0v) is 13.3. The molecule has 3 N–H and O–H groups in total. The van der Waals surface area contributed by atoms with E-state index in [0.717, 1.165) is 18.7 Å². The fraction of sp³-hybridized carbons (Fsp3) is 0.500. The molecular formula is C14H20ClN3OS. The van der Waals surface area contributed by atoms with Crippen molar-refractivity contribution in [3.8, 4) is 0 Å². The number of nitrogens with zero attached hydrogens (tertiary/aromatic N) is 2. The molecule has 0 radical (unpaired) electrons. The predicted molar refractivity (Wildman–Crippen MR) is 87.7 cm³/mol. The van der Waals surface area contributed by atoms with Crippen LogP contribution in [0.3, 0.4) is 0 Å². The van der Waals surface area contributed by atoms with Crippen LogP contribution in [0.1, 0.15) is 12.0 Å². The highest BCUT2D eigenvalue weighted by atomic mass is 35.5.